The van der Waals surface area contributed by atoms with Crippen molar-refractivity contribution in [2.24, 2.45) is 5.92 Å². The molecule has 2 aromatic rings. The Balaban J connectivity index is 1.25. The van der Waals surface area contributed by atoms with Crippen molar-refractivity contribution in [1.82, 2.24) is 9.80 Å². The topological polar surface area (TPSA) is 66.2 Å². The smallest absolute Gasteiger partial charge is 0.260 e. The SMILES string of the molecule is CC1CCN(C(=O)COc2coc(CN3CCN(c4ccc(F)cc4)CC3)cc2=O)CC1. The second-order valence-electron chi connectivity index (χ2n) is 8.67. The van der Waals surface area contributed by atoms with E-state index in [0.29, 0.717) is 18.2 Å². The molecule has 1 aromatic heterocycles. The molecule has 0 saturated carbocycles. The number of hydrogen-bond donors (Lipinski definition) is 0. The highest BCUT2D eigenvalue weighted by atomic mass is 19.1. The van der Waals surface area contributed by atoms with E-state index in [1.807, 2.05) is 0 Å². The third-order valence-electron chi connectivity index (χ3n) is 6.28. The number of benzene rings is 1. The lowest BCUT2D eigenvalue weighted by atomic mass is 9.99. The van der Waals surface area contributed by atoms with E-state index in [4.69, 9.17) is 9.15 Å². The average Bonchev–Trinajstić information content (AvgIpc) is 2.80. The van der Waals surface area contributed by atoms with Crippen molar-refractivity contribution in [3.05, 3.63) is 58.4 Å². The van der Waals surface area contributed by atoms with Crippen LogP contribution in [0.25, 0.3) is 0 Å². The van der Waals surface area contributed by atoms with Crippen LogP contribution in [0.2, 0.25) is 0 Å². The molecule has 32 heavy (non-hydrogen) atoms. The third-order valence-corrected chi connectivity index (χ3v) is 6.28. The van der Waals surface area contributed by atoms with Crippen molar-refractivity contribution in [2.75, 3.05) is 50.8 Å². The van der Waals surface area contributed by atoms with Gasteiger partial charge in [-0.1, -0.05) is 6.92 Å². The molecule has 2 aliphatic rings. The highest BCUT2D eigenvalue weighted by Crippen LogP contribution is 2.19. The van der Waals surface area contributed by atoms with Crippen LogP contribution >= 0.6 is 0 Å². The Labute approximate surface area is 187 Å². The molecule has 1 aromatic carbocycles. The summed E-state index contributed by atoms with van der Waals surface area (Å²) in [5.74, 6) is 0.938. The summed E-state index contributed by atoms with van der Waals surface area (Å²) in [6, 6.07) is 7.97. The van der Waals surface area contributed by atoms with Gasteiger partial charge in [0.05, 0.1) is 6.54 Å². The Kier molecular flexibility index (Phi) is 7.09. The van der Waals surface area contributed by atoms with Crippen LogP contribution in [-0.4, -0.2) is 61.6 Å². The zero-order chi connectivity index (χ0) is 22.5. The Hall–Kier alpha value is -2.87. The molecule has 0 N–H and O–H groups in total. The van der Waals surface area contributed by atoms with E-state index in [-0.39, 0.29) is 29.5 Å². The van der Waals surface area contributed by atoms with Crippen molar-refractivity contribution < 1.29 is 18.3 Å². The predicted molar refractivity (Wildman–Crippen MR) is 119 cm³/mol. The average molecular weight is 444 g/mol. The van der Waals surface area contributed by atoms with Crippen LogP contribution in [0.4, 0.5) is 10.1 Å². The van der Waals surface area contributed by atoms with Gasteiger partial charge in [0.25, 0.3) is 5.91 Å². The predicted octanol–water partition coefficient (Wildman–Crippen LogP) is 2.74. The highest BCUT2D eigenvalue weighted by molar-refractivity contribution is 5.77. The van der Waals surface area contributed by atoms with E-state index in [0.717, 1.165) is 57.8 Å². The minimum atomic E-state index is -0.281. The molecule has 0 radical (unpaired) electrons. The number of rotatable bonds is 6. The summed E-state index contributed by atoms with van der Waals surface area (Å²) in [5, 5.41) is 0. The fraction of sp³-hybridized carbons (Fsp3) is 0.500. The van der Waals surface area contributed by atoms with Gasteiger partial charge in [-0.25, -0.2) is 4.39 Å². The van der Waals surface area contributed by atoms with Crippen molar-refractivity contribution in [2.45, 2.75) is 26.3 Å². The van der Waals surface area contributed by atoms with Gasteiger partial charge in [-0.15, -0.1) is 0 Å². The monoisotopic (exact) mass is 443 g/mol. The number of piperidine rings is 1. The Morgan fingerprint density at radius 3 is 2.44 bits per heavy atom. The maximum atomic E-state index is 13.1. The molecule has 7 nitrogen and oxygen atoms in total. The quantitative estimate of drug-likeness (QED) is 0.684. The number of carbonyl (C=O) groups excluding carboxylic acids is 1. The van der Waals surface area contributed by atoms with Gasteiger partial charge in [0, 0.05) is 51.0 Å². The summed E-state index contributed by atoms with van der Waals surface area (Å²) in [7, 11) is 0. The maximum absolute atomic E-state index is 13.1. The zero-order valence-electron chi connectivity index (χ0n) is 18.5. The van der Waals surface area contributed by atoms with Gasteiger partial charge in [0.1, 0.15) is 17.8 Å². The van der Waals surface area contributed by atoms with Gasteiger partial charge in [-0.05, 0) is 43.0 Å². The number of halogens is 1. The van der Waals surface area contributed by atoms with Crippen LogP contribution in [0, 0.1) is 11.7 Å². The number of likely N-dealkylation sites (tertiary alicyclic amines) is 1. The summed E-state index contributed by atoms with van der Waals surface area (Å²) in [6.07, 6.45) is 3.31. The number of carbonyl (C=O) groups is 1. The number of amides is 1. The fourth-order valence-corrected chi connectivity index (χ4v) is 4.15. The molecular formula is C24H30FN3O4. The number of piperazine rings is 1. The molecule has 1 amide bonds. The number of ether oxygens (including phenoxy) is 1. The summed E-state index contributed by atoms with van der Waals surface area (Å²) >= 11 is 0. The van der Waals surface area contributed by atoms with Gasteiger partial charge >= 0.3 is 0 Å². The minimum Gasteiger partial charge on any atom is -0.477 e. The maximum Gasteiger partial charge on any atom is 0.260 e. The first-order valence-corrected chi connectivity index (χ1v) is 11.2. The molecule has 2 saturated heterocycles. The summed E-state index contributed by atoms with van der Waals surface area (Å²) in [6.45, 7) is 7.29. The standard InChI is InChI=1S/C24H30FN3O4/c1-18-6-8-28(9-7-18)24(30)17-32-23-16-31-21(14-22(23)29)15-26-10-12-27(13-11-26)20-4-2-19(25)3-5-20/h2-5,14,16,18H,6-13,15,17H2,1H3. The molecule has 2 aliphatic heterocycles. The zero-order valence-corrected chi connectivity index (χ0v) is 18.5. The van der Waals surface area contributed by atoms with Gasteiger partial charge in [0.2, 0.25) is 11.2 Å². The van der Waals surface area contributed by atoms with E-state index in [9.17, 15) is 14.0 Å². The normalized spacial score (nSPS) is 18.1. The molecule has 0 spiro atoms. The van der Waals surface area contributed by atoms with E-state index >= 15 is 0 Å². The van der Waals surface area contributed by atoms with E-state index in [1.165, 1.54) is 24.5 Å². The number of nitrogens with zero attached hydrogens (tertiary/aromatic N) is 3. The van der Waals surface area contributed by atoms with E-state index in [2.05, 4.69) is 16.7 Å². The third kappa shape index (κ3) is 5.68. The second-order valence-corrected chi connectivity index (χ2v) is 8.67. The second kappa shape index (κ2) is 10.2. The molecule has 0 bridgehead atoms. The first-order valence-electron chi connectivity index (χ1n) is 11.2. The summed E-state index contributed by atoms with van der Waals surface area (Å²) in [5.41, 5.74) is 0.726. The lowest BCUT2D eigenvalue weighted by molar-refractivity contribution is -0.134. The Bertz CT molecular complexity index is 962. The van der Waals surface area contributed by atoms with Crippen LogP contribution < -0.4 is 15.1 Å². The summed E-state index contributed by atoms with van der Waals surface area (Å²) in [4.78, 5) is 30.9. The lowest BCUT2D eigenvalue weighted by Gasteiger charge is -2.35. The van der Waals surface area contributed by atoms with Crippen LogP contribution in [0.1, 0.15) is 25.5 Å². The van der Waals surface area contributed by atoms with Gasteiger partial charge < -0.3 is 19.0 Å². The minimum absolute atomic E-state index is 0.0635. The first-order chi connectivity index (χ1) is 15.5. The van der Waals surface area contributed by atoms with Crippen LogP contribution in [-0.2, 0) is 11.3 Å². The largest absolute Gasteiger partial charge is 0.477 e. The van der Waals surface area contributed by atoms with Crippen molar-refractivity contribution >= 4 is 11.6 Å². The molecule has 172 valence electrons. The number of anilines is 1. The van der Waals surface area contributed by atoms with Crippen LogP contribution in [0.5, 0.6) is 5.75 Å². The van der Waals surface area contributed by atoms with Gasteiger partial charge in [-0.3, -0.25) is 14.5 Å². The van der Waals surface area contributed by atoms with Gasteiger partial charge in [0.15, 0.2) is 6.61 Å². The van der Waals surface area contributed by atoms with E-state index in [1.54, 1.807) is 17.0 Å². The van der Waals surface area contributed by atoms with Crippen LogP contribution in [0.15, 0.2) is 45.8 Å². The number of hydrogen-bond acceptors (Lipinski definition) is 6. The molecule has 4 rings (SSSR count). The lowest BCUT2D eigenvalue weighted by Crippen LogP contribution is -2.46. The van der Waals surface area contributed by atoms with Crippen molar-refractivity contribution in [1.29, 1.82) is 0 Å². The van der Waals surface area contributed by atoms with Crippen molar-refractivity contribution in [3.63, 3.8) is 0 Å². The van der Waals surface area contributed by atoms with Crippen molar-refractivity contribution in [3.8, 4) is 5.75 Å². The Morgan fingerprint density at radius 1 is 1.09 bits per heavy atom. The molecule has 0 atom stereocenters. The molecule has 8 heteroatoms. The molecule has 0 aliphatic carbocycles. The molecular weight excluding hydrogens is 413 g/mol. The summed E-state index contributed by atoms with van der Waals surface area (Å²) < 4.78 is 24.2. The molecule has 0 unspecified atom stereocenters. The van der Waals surface area contributed by atoms with Gasteiger partial charge in [-0.2, -0.15) is 0 Å². The Morgan fingerprint density at radius 2 is 1.78 bits per heavy atom. The van der Waals surface area contributed by atoms with Crippen LogP contribution in [0.3, 0.4) is 0 Å². The fourth-order valence-electron chi connectivity index (χ4n) is 4.15. The first kappa shape index (κ1) is 22.3. The van der Waals surface area contributed by atoms with E-state index < -0.39 is 0 Å². The highest BCUT2D eigenvalue weighted by Gasteiger charge is 2.22. The molecule has 2 fully saturated rings. The molecule has 3 heterocycles.